The molecule has 0 aromatic heterocycles. The lowest BCUT2D eigenvalue weighted by molar-refractivity contribution is -0.140. The fourth-order valence-electron chi connectivity index (χ4n) is 3.71. The zero-order chi connectivity index (χ0) is 14.7. The monoisotopic (exact) mass is 280 g/mol. The number of hydrogen-bond acceptors (Lipinski definition) is 3. The van der Waals surface area contributed by atoms with Gasteiger partial charge in [0.25, 0.3) is 0 Å². The summed E-state index contributed by atoms with van der Waals surface area (Å²) in [6.07, 6.45) is 7.83. The van der Waals surface area contributed by atoms with Crippen LogP contribution >= 0.6 is 0 Å². The molecule has 1 aliphatic carbocycles. The van der Waals surface area contributed by atoms with E-state index in [0.717, 1.165) is 6.42 Å². The highest BCUT2D eigenvalue weighted by atomic mass is 16.2. The van der Waals surface area contributed by atoms with Crippen LogP contribution in [0.4, 0.5) is 0 Å². The second-order valence-corrected chi connectivity index (χ2v) is 6.53. The van der Waals surface area contributed by atoms with Crippen LogP contribution in [0.3, 0.4) is 0 Å². The van der Waals surface area contributed by atoms with Crippen molar-refractivity contribution in [2.75, 3.05) is 0 Å². The van der Waals surface area contributed by atoms with Crippen molar-refractivity contribution in [1.29, 1.82) is 0 Å². The summed E-state index contributed by atoms with van der Waals surface area (Å²) in [7, 11) is 0. The molecule has 2 amide bonds. The predicted molar refractivity (Wildman–Crippen MR) is 79.2 cm³/mol. The van der Waals surface area contributed by atoms with Gasteiger partial charge >= 0.3 is 0 Å². The Kier molecular flexibility index (Phi) is 5.19. The maximum absolute atomic E-state index is 12.3. The second kappa shape index (κ2) is 6.70. The first kappa shape index (κ1) is 15.5. The van der Waals surface area contributed by atoms with E-state index >= 15 is 0 Å². The van der Waals surface area contributed by atoms with Gasteiger partial charge in [0, 0.05) is 12.1 Å². The fourth-order valence-corrected chi connectivity index (χ4v) is 3.71. The zero-order valence-electron chi connectivity index (χ0n) is 13.0. The van der Waals surface area contributed by atoms with E-state index in [4.69, 9.17) is 0 Å². The number of nitrogens with zero attached hydrogens (tertiary/aromatic N) is 1. The Balaban J connectivity index is 1.97. The van der Waals surface area contributed by atoms with Gasteiger partial charge in [0.05, 0.1) is 12.5 Å². The molecule has 4 nitrogen and oxygen atoms in total. The van der Waals surface area contributed by atoms with Crippen LogP contribution in [0, 0.1) is 5.92 Å². The minimum Gasteiger partial charge on any atom is -0.302 e. The summed E-state index contributed by atoms with van der Waals surface area (Å²) in [5.74, 6) is 0.616. The number of likely N-dealkylation sites (tertiary alicyclic amines) is 1. The largest absolute Gasteiger partial charge is 0.302 e. The molecule has 2 aliphatic rings. The maximum Gasteiger partial charge on any atom is 0.247 e. The summed E-state index contributed by atoms with van der Waals surface area (Å²) in [6, 6.07) is 0.0532. The lowest BCUT2D eigenvalue weighted by Crippen LogP contribution is -2.48. The molecule has 1 aliphatic heterocycles. The molecule has 2 fully saturated rings. The lowest BCUT2D eigenvalue weighted by atomic mass is 9.82. The molecule has 2 unspecified atom stereocenters. The normalized spacial score (nSPS) is 26.6. The van der Waals surface area contributed by atoms with Crippen molar-refractivity contribution in [1.82, 2.24) is 10.2 Å². The molecule has 0 bridgehead atoms. The van der Waals surface area contributed by atoms with Gasteiger partial charge in [-0.25, -0.2) is 0 Å². The molecular formula is C16H28N2O2. The quantitative estimate of drug-likeness (QED) is 0.787. The molecule has 2 rings (SSSR count). The molecule has 2 atom stereocenters. The van der Waals surface area contributed by atoms with E-state index < -0.39 is 0 Å². The van der Waals surface area contributed by atoms with E-state index in [9.17, 15) is 9.59 Å². The predicted octanol–water partition coefficient (Wildman–Crippen LogP) is 2.47. The highest BCUT2D eigenvalue weighted by Crippen LogP contribution is 2.29. The molecule has 114 valence electrons. The Hall–Kier alpha value is -0.900. The van der Waals surface area contributed by atoms with Crippen LogP contribution in [-0.4, -0.2) is 34.8 Å². The van der Waals surface area contributed by atoms with Crippen molar-refractivity contribution < 1.29 is 9.59 Å². The van der Waals surface area contributed by atoms with Crippen LogP contribution in [0.15, 0.2) is 0 Å². The van der Waals surface area contributed by atoms with Crippen molar-refractivity contribution in [3.05, 3.63) is 0 Å². The summed E-state index contributed by atoms with van der Waals surface area (Å²) < 4.78 is 0. The number of carbonyl (C=O) groups excluding carboxylic acids is 2. The van der Waals surface area contributed by atoms with E-state index in [1.165, 1.54) is 37.0 Å². The van der Waals surface area contributed by atoms with Crippen molar-refractivity contribution in [2.45, 2.75) is 83.8 Å². The van der Waals surface area contributed by atoms with Gasteiger partial charge in [-0.1, -0.05) is 26.2 Å². The number of rotatable bonds is 5. The van der Waals surface area contributed by atoms with Crippen LogP contribution in [0.2, 0.25) is 0 Å². The van der Waals surface area contributed by atoms with Crippen LogP contribution < -0.4 is 5.32 Å². The summed E-state index contributed by atoms with van der Waals surface area (Å²) >= 11 is 0. The van der Waals surface area contributed by atoms with E-state index in [-0.39, 0.29) is 23.9 Å². The first-order chi connectivity index (χ1) is 9.54. The highest BCUT2D eigenvalue weighted by Gasteiger charge is 2.41. The topological polar surface area (TPSA) is 49.4 Å². The molecule has 0 aromatic rings. The van der Waals surface area contributed by atoms with Gasteiger partial charge in [0.15, 0.2) is 0 Å². The number of amides is 2. The van der Waals surface area contributed by atoms with Gasteiger partial charge in [0.2, 0.25) is 11.8 Å². The average Bonchev–Trinajstić information content (AvgIpc) is 2.71. The molecule has 0 spiro atoms. The molecule has 1 heterocycles. The SMILES string of the molecule is CCC(NC1CC(=O)N(C(C)C)C1=O)C1CCCCC1. The minimum atomic E-state index is -0.295. The van der Waals surface area contributed by atoms with E-state index in [1.54, 1.807) is 0 Å². The summed E-state index contributed by atoms with van der Waals surface area (Å²) in [5.41, 5.74) is 0. The van der Waals surface area contributed by atoms with Crippen molar-refractivity contribution in [3.8, 4) is 0 Å². The third-order valence-electron chi connectivity index (χ3n) is 4.77. The van der Waals surface area contributed by atoms with E-state index in [0.29, 0.717) is 18.4 Å². The van der Waals surface area contributed by atoms with Gasteiger partial charge in [-0.05, 0) is 39.0 Å². The Morgan fingerprint density at radius 3 is 2.35 bits per heavy atom. The van der Waals surface area contributed by atoms with Crippen molar-refractivity contribution in [3.63, 3.8) is 0 Å². The molecule has 1 N–H and O–H groups in total. The second-order valence-electron chi connectivity index (χ2n) is 6.53. The molecule has 0 radical (unpaired) electrons. The van der Waals surface area contributed by atoms with E-state index in [1.807, 2.05) is 13.8 Å². The molecule has 20 heavy (non-hydrogen) atoms. The number of imide groups is 1. The van der Waals surface area contributed by atoms with Crippen LogP contribution in [0.5, 0.6) is 0 Å². The molecular weight excluding hydrogens is 252 g/mol. The standard InChI is InChI=1S/C16H28N2O2/c1-4-13(12-8-6-5-7-9-12)17-14-10-15(19)18(11(2)3)16(14)20/h11-14,17H,4-10H2,1-3H3. The van der Waals surface area contributed by atoms with Crippen LogP contribution in [-0.2, 0) is 9.59 Å². The number of carbonyl (C=O) groups is 2. The molecule has 0 aromatic carbocycles. The van der Waals surface area contributed by atoms with Gasteiger partial charge < -0.3 is 5.32 Å². The number of hydrogen-bond donors (Lipinski definition) is 1. The average molecular weight is 280 g/mol. The highest BCUT2D eigenvalue weighted by molar-refractivity contribution is 6.05. The fraction of sp³-hybridized carbons (Fsp3) is 0.875. The summed E-state index contributed by atoms with van der Waals surface area (Å²) in [4.78, 5) is 25.7. The van der Waals surface area contributed by atoms with Crippen LogP contribution in [0.25, 0.3) is 0 Å². The van der Waals surface area contributed by atoms with Gasteiger partial charge in [-0.2, -0.15) is 0 Å². The minimum absolute atomic E-state index is 0.0269. The van der Waals surface area contributed by atoms with Gasteiger partial charge in [0.1, 0.15) is 0 Å². The summed E-state index contributed by atoms with van der Waals surface area (Å²) in [5, 5.41) is 3.49. The third kappa shape index (κ3) is 3.22. The molecule has 4 heteroatoms. The smallest absolute Gasteiger partial charge is 0.247 e. The summed E-state index contributed by atoms with van der Waals surface area (Å²) in [6.45, 7) is 5.97. The molecule has 1 saturated heterocycles. The van der Waals surface area contributed by atoms with Crippen molar-refractivity contribution >= 4 is 11.8 Å². The van der Waals surface area contributed by atoms with Gasteiger partial charge in [-0.3, -0.25) is 14.5 Å². The maximum atomic E-state index is 12.3. The Morgan fingerprint density at radius 1 is 1.20 bits per heavy atom. The third-order valence-corrected chi connectivity index (χ3v) is 4.77. The Morgan fingerprint density at radius 2 is 1.85 bits per heavy atom. The Labute approximate surface area is 122 Å². The molecule has 1 saturated carbocycles. The lowest BCUT2D eigenvalue weighted by Gasteiger charge is -2.32. The van der Waals surface area contributed by atoms with Gasteiger partial charge in [-0.15, -0.1) is 0 Å². The van der Waals surface area contributed by atoms with E-state index in [2.05, 4.69) is 12.2 Å². The first-order valence-corrected chi connectivity index (χ1v) is 8.16. The first-order valence-electron chi connectivity index (χ1n) is 8.16. The number of nitrogens with one attached hydrogen (secondary N) is 1. The Bertz CT molecular complexity index is 361. The zero-order valence-corrected chi connectivity index (χ0v) is 13.0. The van der Waals surface area contributed by atoms with Crippen molar-refractivity contribution in [2.24, 2.45) is 5.92 Å². The van der Waals surface area contributed by atoms with Crippen LogP contribution in [0.1, 0.15) is 65.7 Å².